The molecule has 0 bridgehead atoms. The standard InChI is InChI=1S/C17H27NO2/c1-13(2)11-18-12-14-8-9-16(19-3)10-17(14)20-15-6-4-5-7-15/h8-10,13,15,18H,4-7,11-12H2,1-3H3. The van der Waals surface area contributed by atoms with Gasteiger partial charge < -0.3 is 14.8 Å². The molecule has 1 aromatic rings. The first kappa shape index (κ1) is 15.2. The van der Waals surface area contributed by atoms with E-state index in [9.17, 15) is 0 Å². The maximum absolute atomic E-state index is 6.19. The van der Waals surface area contributed by atoms with E-state index >= 15 is 0 Å². The highest BCUT2D eigenvalue weighted by Gasteiger charge is 2.18. The number of rotatable bonds is 7. The summed E-state index contributed by atoms with van der Waals surface area (Å²) < 4.78 is 11.5. The second-order valence-corrected chi connectivity index (χ2v) is 6.02. The van der Waals surface area contributed by atoms with Crippen LogP contribution in [0.3, 0.4) is 0 Å². The van der Waals surface area contributed by atoms with Gasteiger partial charge in [-0.1, -0.05) is 19.9 Å². The molecule has 3 heteroatoms. The van der Waals surface area contributed by atoms with Gasteiger partial charge in [0.1, 0.15) is 11.5 Å². The third-order valence-corrected chi connectivity index (χ3v) is 3.74. The van der Waals surface area contributed by atoms with E-state index in [1.165, 1.54) is 31.2 Å². The first-order valence-corrected chi connectivity index (χ1v) is 7.73. The zero-order valence-electron chi connectivity index (χ0n) is 12.9. The molecule has 1 fully saturated rings. The molecule has 1 aliphatic carbocycles. The van der Waals surface area contributed by atoms with Gasteiger partial charge in [-0.25, -0.2) is 0 Å². The van der Waals surface area contributed by atoms with Gasteiger partial charge >= 0.3 is 0 Å². The van der Waals surface area contributed by atoms with E-state index in [2.05, 4.69) is 25.2 Å². The molecule has 0 spiro atoms. The molecule has 0 radical (unpaired) electrons. The predicted octanol–water partition coefficient (Wildman–Crippen LogP) is 3.76. The van der Waals surface area contributed by atoms with Crippen LogP contribution in [0.4, 0.5) is 0 Å². The van der Waals surface area contributed by atoms with Crippen molar-refractivity contribution in [3.63, 3.8) is 0 Å². The third kappa shape index (κ3) is 4.41. The maximum atomic E-state index is 6.19. The van der Waals surface area contributed by atoms with Crippen LogP contribution in [0.25, 0.3) is 0 Å². The van der Waals surface area contributed by atoms with E-state index < -0.39 is 0 Å². The molecule has 1 aliphatic rings. The summed E-state index contributed by atoms with van der Waals surface area (Å²) in [5.41, 5.74) is 1.22. The summed E-state index contributed by atoms with van der Waals surface area (Å²) in [5, 5.41) is 3.48. The Morgan fingerprint density at radius 2 is 2.00 bits per heavy atom. The molecule has 1 saturated carbocycles. The summed E-state index contributed by atoms with van der Waals surface area (Å²) in [6.45, 7) is 6.31. The fourth-order valence-electron chi connectivity index (χ4n) is 2.60. The van der Waals surface area contributed by atoms with E-state index in [-0.39, 0.29) is 0 Å². The minimum Gasteiger partial charge on any atom is -0.497 e. The fourth-order valence-corrected chi connectivity index (χ4v) is 2.60. The summed E-state index contributed by atoms with van der Waals surface area (Å²) >= 11 is 0. The first-order chi connectivity index (χ1) is 9.69. The highest BCUT2D eigenvalue weighted by Crippen LogP contribution is 2.29. The van der Waals surface area contributed by atoms with Gasteiger partial charge in [0, 0.05) is 18.2 Å². The van der Waals surface area contributed by atoms with Crippen LogP contribution in [0.2, 0.25) is 0 Å². The number of hydrogen-bond acceptors (Lipinski definition) is 3. The zero-order valence-corrected chi connectivity index (χ0v) is 12.9. The molecule has 1 N–H and O–H groups in total. The molecule has 0 unspecified atom stereocenters. The Morgan fingerprint density at radius 1 is 1.25 bits per heavy atom. The Balaban J connectivity index is 2.03. The lowest BCUT2D eigenvalue weighted by Gasteiger charge is -2.18. The normalized spacial score (nSPS) is 15.8. The molecule has 20 heavy (non-hydrogen) atoms. The van der Waals surface area contributed by atoms with Crippen molar-refractivity contribution >= 4 is 0 Å². The van der Waals surface area contributed by atoms with Crippen molar-refractivity contribution in [1.29, 1.82) is 0 Å². The van der Waals surface area contributed by atoms with Gasteiger partial charge in [0.2, 0.25) is 0 Å². The number of methoxy groups -OCH3 is 1. The van der Waals surface area contributed by atoms with Crippen molar-refractivity contribution in [2.45, 2.75) is 52.2 Å². The Hall–Kier alpha value is -1.22. The lowest BCUT2D eigenvalue weighted by atomic mass is 10.1. The van der Waals surface area contributed by atoms with E-state index in [0.717, 1.165) is 24.6 Å². The van der Waals surface area contributed by atoms with Crippen LogP contribution in [0.1, 0.15) is 45.1 Å². The van der Waals surface area contributed by atoms with Gasteiger partial charge in [-0.3, -0.25) is 0 Å². The molecular weight excluding hydrogens is 250 g/mol. The first-order valence-electron chi connectivity index (χ1n) is 7.73. The summed E-state index contributed by atoms with van der Waals surface area (Å²) in [7, 11) is 1.70. The minimum absolute atomic E-state index is 0.381. The lowest BCUT2D eigenvalue weighted by molar-refractivity contribution is 0.206. The van der Waals surface area contributed by atoms with Gasteiger partial charge in [-0.15, -0.1) is 0 Å². The van der Waals surface area contributed by atoms with Crippen molar-refractivity contribution < 1.29 is 9.47 Å². The van der Waals surface area contributed by atoms with Crippen LogP contribution in [-0.4, -0.2) is 19.8 Å². The molecule has 0 saturated heterocycles. The van der Waals surface area contributed by atoms with Crippen molar-refractivity contribution in [3.8, 4) is 11.5 Å². The summed E-state index contributed by atoms with van der Waals surface area (Å²) in [6.07, 6.45) is 5.31. The van der Waals surface area contributed by atoms with Crippen LogP contribution >= 0.6 is 0 Å². The van der Waals surface area contributed by atoms with Gasteiger partial charge in [-0.05, 0) is 44.2 Å². The van der Waals surface area contributed by atoms with Crippen LogP contribution in [0, 0.1) is 5.92 Å². The van der Waals surface area contributed by atoms with E-state index in [1.54, 1.807) is 7.11 Å². The quantitative estimate of drug-likeness (QED) is 0.823. The molecule has 0 atom stereocenters. The third-order valence-electron chi connectivity index (χ3n) is 3.74. The molecular formula is C17H27NO2. The Labute approximate surface area is 122 Å². The fraction of sp³-hybridized carbons (Fsp3) is 0.647. The molecule has 0 aromatic heterocycles. The van der Waals surface area contributed by atoms with E-state index in [0.29, 0.717) is 12.0 Å². The molecule has 0 heterocycles. The topological polar surface area (TPSA) is 30.5 Å². The van der Waals surface area contributed by atoms with Crippen LogP contribution < -0.4 is 14.8 Å². The largest absolute Gasteiger partial charge is 0.497 e. The molecule has 0 aliphatic heterocycles. The smallest absolute Gasteiger partial charge is 0.127 e. The molecule has 3 nitrogen and oxygen atoms in total. The Kier molecular flexibility index (Phi) is 5.72. The summed E-state index contributed by atoms with van der Waals surface area (Å²) in [5.74, 6) is 2.51. The van der Waals surface area contributed by atoms with Gasteiger partial charge in [0.15, 0.2) is 0 Å². The predicted molar refractivity (Wildman–Crippen MR) is 82.4 cm³/mol. The summed E-state index contributed by atoms with van der Waals surface area (Å²) in [6, 6.07) is 6.13. The SMILES string of the molecule is COc1ccc(CNCC(C)C)c(OC2CCCC2)c1. The highest BCUT2D eigenvalue weighted by atomic mass is 16.5. The zero-order chi connectivity index (χ0) is 14.4. The van der Waals surface area contributed by atoms with Crippen LogP contribution in [-0.2, 0) is 6.54 Å². The van der Waals surface area contributed by atoms with Gasteiger partial charge in [0.05, 0.1) is 13.2 Å². The maximum Gasteiger partial charge on any atom is 0.127 e. The van der Waals surface area contributed by atoms with Gasteiger partial charge in [0.25, 0.3) is 0 Å². The highest BCUT2D eigenvalue weighted by molar-refractivity contribution is 5.41. The van der Waals surface area contributed by atoms with Crippen LogP contribution in [0.15, 0.2) is 18.2 Å². The molecule has 112 valence electrons. The van der Waals surface area contributed by atoms with Crippen molar-refractivity contribution in [1.82, 2.24) is 5.32 Å². The average molecular weight is 277 g/mol. The van der Waals surface area contributed by atoms with Crippen molar-refractivity contribution in [3.05, 3.63) is 23.8 Å². The van der Waals surface area contributed by atoms with E-state index in [1.807, 2.05) is 12.1 Å². The second-order valence-electron chi connectivity index (χ2n) is 6.02. The average Bonchev–Trinajstić information content (AvgIpc) is 2.93. The number of nitrogens with one attached hydrogen (secondary N) is 1. The number of hydrogen-bond donors (Lipinski definition) is 1. The molecule has 2 rings (SSSR count). The second kappa shape index (κ2) is 7.53. The lowest BCUT2D eigenvalue weighted by Crippen LogP contribution is -2.20. The van der Waals surface area contributed by atoms with Gasteiger partial charge in [-0.2, -0.15) is 0 Å². The molecule has 1 aromatic carbocycles. The Morgan fingerprint density at radius 3 is 2.65 bits per heavy atom. The van der Waals surface area contributed by atoms with Crippen molar-refractivity contribution in [2.24, 2.45) is 5.92 Å². The monoisotopic (exact) mass is 277 g/mol. The van der Waals surface area contributed by atoms with Crippen LogP contribution in [0.5, 0.6) is 11.5 Å². The van der Waals surface area contributed by atoms with E-state index in [4.69, 9.17) is 9.47 Å². The Bertz CT molecular complexity index is 411. The number of benzene rings is 1. The summed E-state index contributed by atoms with van der Waals surface area (Å²) in [4.78, 5) is 0. The minimum atomic E-state index is 0.381. The number of ether oxygens (including phenoxy) is 2. The molecule has 0 amide bonds. The van der Waals surface area contributed by atoms with Crippen molar-refractivity contribution in [2.75, 3.05) is 13.7 Å².